The number of H-pyrrole nitrogens is 1. The van der Waals surface area contributed by atoms with Gasteiger partial charge in [-0.15, -0.1) is 11.3 Å². The fraction of sp³-hybridized carbons (Fsp3) is 0.267. The molecule has 3 aromatic heterocycles. The van der Waals surface area contributed by atoms with Gasteiger partial charge in [0.15, 0.2) is 0 Å². The van der Waals surface area contributed by atoms with E-state index in [-0.39, 0.29) is 11.4 Å². The summed E-state index contributed by atoms with van der Waals surface area (Å²) in [6.07, 6.45) is 6.28. The SMILES string of the molecule is NCc1ncccn1.O=C(O)c1nc2sc3c(c2c(=O)[nH]1)CCC3. The second-order valence-electron chi connectivity index (χ2n) is 5.13. The van der Waals surface area contributed by atoms with Gasteiger partial charge >= 0.3 is 5.97 Å². The lowest BCUT2D eigenvalue weighted by molar-refractivity contribution is 0.0683. The van der Waals surface area contributed by atoms with Gasteiger partial charge in [-0.25, -0.2) is 19.7 Å². The van der Waals surface area contributed by atoms with Gasteiger partial charge in [-0.3, -0.25) is 4.79 Å². The Kier molecular flexibility index (Phi) is 4.63. The van der Waals surface area contributed by atoms with Crippen LogP contribution >= 0.6 is 11.3 Å². The Labute approximate surface area is 140 Å². The van der Waals surface area contributed by atoms with E-state index in [1.54, 1.807) is 18.5 Å². The first kappa shape index (κ1) is 16.2. The molecule has 0 saturated carbocycles. The fourth-order valence-corrected chi connectivity index (χ4v) is 3.80. The molecule has 8 nitrogen and oxygen atoms in total. The van der Waals surface area contributed by atoms with E-state index in [1.807, 2.05) is 0 Å². The quantitative estimate of drug-likeness (QED) is 0.633. The summed E-state index contributed by atoms with van der Waals surface area (Å²) in [6, 6.07) is 1.76. The molecular weight excluding hydrogens is 330 g/mol. The molecule has 0 bridgehead atoms. The largest absolute Gasteiger partial charge is 0.475 e. The van der Waals surface area contributed by atoms with Crippen LogP contribution in [0, 0.1) is 0 Å². The van der Waals surface area contributed by atoms with Crippen molar-refractivity contribution in [2.45, 2.75) is 25.8 Å². The van der Waals surface area contributed by atoms with Crippen LogP contribution in [0.1, 0.15) is 33.3 Å². The summed E-state index contributed by atoms with van der Waals surface area (Å²) in [4.78, 5) is 38.2. The van der Waals surface area contributed by atoms with E-state index in [2.05, 4.69) is 19.9 Å². The van der Waals surface area contributed by atoms with Crippen LogP contribution in [0.3, 0.4) is 0 Å². The average Bonchev–Trinajstić information content (AvgIpc) is 3.16. The van der Waals surface area contributed by atoms with Crippen molar-refractivity contribution in [2.24, 2.45) is 5.73 Å². The van der Waals surface area contributed by atoms with E-state index in [0.29, 0.717) is 22.6 Å². The number of aryl methyl sites for hydroxylation is 2. The summed E-state index contributed by atoms with van der Waals surface area (Å²) < 4.78 is 0. The number of aromatic carboxylic acids is 1. The maximum Gasteiger partial charge on any atom is 0.372 e. The summed E-state index contributed by atoms with van der Waals surface area (Å²) in [7, 11) is 0. The molecule has 24 heavy (non-hydrogen) atoms. The molecule has 4 rings (SSSR count). The number of nitrogens with one attached hydrogen (secondary N) is 1. The molecule has 4 N–H and O–H groups in total. The van der Waals surface area contributed by atoms with Gasteiger partial charge in [-0.2, -0.15) is 0 Å². The Balaban J connectivity index is 0.000000179. The molecule has 0 aromatic carbocycles. The predicted octanol–water partition coefficient (Wildman–Crippen LogP) is 1.11. The maximum absolute atomic E-state index is 11.8. The lowest BCUT2D eigenvalue weighted by atomic mass is 10.2. The first-order valence-corrected chi connectivity index (χ1v) is 8.15. The molecule has 0 amide bonds. The Hall–Kier alpha value is -2.65. The summed E-state index contributed by atoms with van der Waals surface area (Å²) in [5.41, 5.74) is 5.95. The van der Waals surface area contributed by atoms with E-state index in [9.17, 15) is 9.59 Å². The summed E-state index contributed by atoms with van der Waals surface area (Å²) in [5, 5.41) is 9.37. The van der Waals surface area contributed by atoms with E-state index in [0.717, 1.165) is 24.8 Å². The smallest absolute Gasteiger partial charge is 0.372 e. The Morgan fingerprint density at radius 3 is 2.71 bits per heavy atom. The number of nitrogens with zero attached hydrogens (tertiary/aromatic N) is 3. The van der Waals surface area contributed by atoms with Gasteiger partial charge in [0, 0.05) is 17.3 Å². The normalized spacial score (nSPS) is 12.5. The highest BCUT2D eigenvalue weighted by Crippen LogP contribution is 2.34. The van der Waals surface area contributed by atoms with Crippen LogP contribution in [-0.2, 0) is 19.4 Å². The molecule has 9 heteroatoms. The summed E-state index contributed by atoms with van der Waals surface area (Å²) >= 11 is 1.44. The minimum absolute atomic E-state index is 0.280. The van der Waals surface area contributed by atoms with Crippen molar-refractivity contribution in [3.63, 3.8) is 0 Å². The Morgan fingerprint density at radius 1 is 1.33 bits per heavy atom. The van der Waals surface area contributed by atoms with Crippen LogP contribution in [0.15, 0.2) is 23.3 Å². The fourth-order valence-electron chi connectivity index (χ4n) is 2.54. The van der Waals surface area contributed by atoms with Crippen molar-refractivity contribution in [2.75, 3.05) is 0 Å². The van der Waals surface area contributed by atoms with Crippen molar-refractivity contribution in [3.05, 3.63) is 50.9 Å². The maximum atomic E-state index is 11.8. The van der Waals surface area contributed by atoms with Crippen LogP contribution in [-0.4, -0.2) is 31.0 Å². The van der Waals surface area contributed by atoms with Crippen LogP contribution < -0.4 is 11.3 Å². The molecule has 0 fully saturated rings. The first-order chi connectivity index (χ1) is 11.6. The minimum Gasteiger partial charge on any atom is -0.475 e. The number of rotatable bonds is 2. The van der Waals surface area contributed by atoms with Gasteiger partial charge in [-0.05, 0) is 30.9 Å². The molecule has 0 unspecified atom stereocenters. The van der Waals surface area contributed by atoms with Gasteiger partial charge in [0.05, 0.1) is 11.9 Å². The standard InChI is InChI=1S/C10H8N2O3S.C5H7N3/c13-8-6-4-2-1-3-5(4)16-9(6)12-7(11-8)10(14)15;6-4-5-7-2-1-3-8-5/h1-3H2,(H,14,15)(H,11,12,13);1-3H,4,6H2. The third-order valence-corrected chi connectivity index (χ3v) is 4.77. The molecule has 0 aliphatic heterocycles. The number of nitrogens with two attached hydrogens (primary N) is 1. The molecule has 0 atom stereocenters. The third kappa shape index (κ3) is 3.17. The molecule has 0 spiro atoms. The second kappa shape index (κ2) is 6.85. The van der Waals surface area contributed by atoms with Crippen molar-refractivity contribution >= 4 is 27.5 Å². The monoisotopic (exact) mass is 345 g/mol. The molecular formula is C15H15N5O3S. The number of aromatic amines is 1. The van der Waals surface area contributed by atoms with Crippen LogP contribution in [0.5, 0.6) is 0 Å². The van der Waals surface area contributed by atoms with Crippen LogP contribution in [0.2, 0.25) is 0 Å². The van der Waals surface area contributed by atoms with Crippen LogP contribution in [0.25, 0.3) is 10.2 Å². The zero-order chi connectivity index (χ0) is 17.1. The van der Waals surface area contributed by atoms with E-state index in [4.69, 9.17) is 10.8 Å². The molecule has 124 valence electrons. The topological polar surface area (TPSA) is 135 Å². The number of hydrogen-bond donors (Lipinski definition) is 3. The number of fused-ring (bicyclic) bond motifs is 3. The first-order valence-electron chi connectivity index (χ1n) is 7.34. The number of carbonyl (C=O) groups is 1. The minimum atomic E-state index is -1.20. The highest BCUT2D eigenvalue weighted by molar-refractivity contribution is 7.18. The Morgan fingerprint density at radius 2 is 2.08 bits per heavy atom. The average molecular weight is 345 g/mol. The van der Waals surface area contributed by atoms with Gasteiger partial charge in [0.2, 0.25) is 5.82 Å². The summed E-state index contributed by atoms with van der Waals surface area (Å²) in [6.45, 7) is 0.418. The van der Waals surface area contributed by atoms with Crippen molar-refractivity contribution in [3.8, 4) is 0 Å². The highest BCUT2D eigenvalue weighted by atomic mass is 32.1. The molecule has 1 aliphatic rings. The zero-order valence-electron chi connectivity index (χ0n) is 12.7. The number of hydrogen-bond acceptors (Lipinski definition) is 7. The van der Waals surface area contributed by atoms with E-state index >= 15 is 0 Å². The molecule has 3 heterocycles. The number of aromatic nitrogens is 4. The van der Waals surface area contributed by atoms with Gasteiger partial charge in [0.25, 0.3) is 5.56 Å². The van der Waals surface area contributed by atoms with Gasteiger partial charge in [0.1, 0.15) is 10.7 Å². The summed E-state index contributed by atoms with van der Waals surface area (Å²) in [5.74, 6) is -0.794. The van der Waals surface area contributed by atoms with E-state index in [1.165, 1.54) is 16.2 Å². The number of carboxylic acid groups (broad SMARTS) is 1. The second-order valence-corrected chi connectivity index (χ2v) is 6.21. The Bertz CT molecular complexity index is 935. The lowest BCUT2D eigenvalue weighted by Crippen LogP contribution is -2.15. The number of thiophene rings is 1. The van der Waals surface area contributed by atoms with Crippen molar-refractivity contribution in [1.82, 2.24) is 19.9 Å². The molecule has 0 radical (unpaired) electrons. The zero-order valence-corrected chi connectivity index (χ0v) is 13.5. The van der Waals surface area contributed by atoms with E-state index < -0.39 is 5.97 Å². The predicted molar refractivity (Wildman–Crippen MR) is 89.1 cm³/mol. The van der Waals surface area contributed by atoms with Gasteiger partial charge in [-0.1, -0.05) is 0 Å². The van der Waals surface area contributed by atoms with Crippen LogP contribution in [0.4, 0.5) is 0 Å². The third-order valence-electron chi connectivity index (χ3n) is 3.58. The van der Waals surface area contributed by atoms with Crippen molar-refractivity contribution in [1.29, 1.82) is 0 Å². The van der Waals surface area contributed by atoms with Crippen molar-refractivity contribution < 1.29 is 9.90 Å². The molecule has 1 aliphatic carbocycles. The highest BCUT2D eigenvalue weighted by Gasteiger charge is 2.21. The lowest BCUT2D eigenvalue weighted by Gasteiger charge is -1.95. The number of carboxylic acids is 1. The van der Waals surface area contributed by atoms with Gasteiger partial charge < -0.3 is 15.8 Å². The molecule has 0 saturated heterocycles. The molecule has 3 aromatic rings.